The normalized spacial score (nSPS) is 13.1. The van der Waals surface area contributed by atoms with Gasteiger partial charge in [0.1, 0.15) is 6.54 Å². The number of carbonyl (C=O) groups is 1. The second-order valence-corrected chi connectivity index (χ2v) is 10.8. The van der Waals surface area contributed by atoms with Crippen LogP contribution in [0.25, 0.3) is 0 Å². The summed E-state index contributed by atoms with van der Waals surface area (Å²) in [5, 5.41) is 3.36. The molecule has 0 saturated heterocycles. The molecule has 0 aliphatic carbocycles. The molecule has 2 aromatic carbocycles. The molecule has 0 radical (unpaired) electrons. The minimum Gasteiger partial charge on any atom is -0.348 e. The van der Waals surface area contributed by atoms with Gasteiger partial charge in [-0.05, 0) is 41.7 Å². The first kappa shape index (κ1) is 23.5. The van der Waals surface area contributed by atoms with Gasteiger partial charge in [0.05, 0.1) is 23.0 Å². The molecule has 0 aliphatic rings. The van der Waals surface area contributed by atoms with E-state index in [1.165, 1.54) is 17.7 Å². The zero-order valence-corrected chi connectivity index (χ0v) is 19.5. The Labute approximate surface area is 183 Å². The largest absolute Gasteiger partial charge is 0.348 e. The molecule has 0 unspecified atom stereocenters. The van der Waals surface area contributed by atoms with Crippen molar-refractivity contribution in [3.8, 4) is 0 Å². The van der Waals surface area contributed by atoms with Crippen molar-refractivity contribution in [3.05, 3.63) is 63.6 Å². The fraction of sp³-hybridized carbons (Fsp3) is 0.381. The zero-order valence-electron chi connectivity index (χ0n) is 17.2. The molecule has 0 fully saturated rings. The summed E-state index contributed by atoms with van der Waals surface area (Å²) in [5.41, 5.74) is 2.33. The van der Waals surface area contributed by atoms with Crippen LogP contribution in [0.2, 0.25) is 10.0 Å². The molecule has 0 saturated carbocycles. The zero-order chi connectivity index (χ0) is 22.0. The third kappa shape index (κ3) is 6.36. The number of sulfonamides is 1. The first-order valence-electron chi connectivity index (χ1n) is 9.11. The van der Waals surface area contributed by atoms with Gasteiger partial charge in [0.15, 0.2) is 0 Å². The van der Waals surface area contributed by atoms with Crippen LogP contribution in [-0.4, -0.2) is 27.1 Å². The first-order valence-corrected chi connectivity index (χ1v) is 11.7. The van der Waals surface area contributed by atoms with E-state index < -0.39 is 22.5 Å². The lowest BCUT2D eigenvalue weighted by Crippen LogP contribution is -2.41. The highest BCUT2D eigenvalue weighted by molar-refractivity contribution is 7.92. The van der Waals surface area contributed by atoms with E-state index in [4.69, 9.17) is 23.2 Å². The number of amides is 1. The summed E-state index contributed by atoms with van der Waals surface area (Å²) in [4.78, 5) is 12.6. The Bertz CT molecular complexity index is 984. The van der Waals surface area contributed by atoms with Crippen LogP contribution in [0.4, 0.5) is 5.69 Å². The summed E-state index contributed by atoms with van der Waals surface area (Å²) in [7, 11) is -3.75. The highest BCUT2D eigenvalue weighted by Gasteiger charge is 2.24. The van der Waals surface area contributed by atoms with E-state index in [0.717, 1.165) is 16.1 Å². The molecule has 2 aromatic rings. The average Bonchev–Trinajstić information content (AvgIpc) is 2.60. The van der Waals surface area contributed by atoms with Gasteiger partial charge in [-0.2, -0.15) is 0 Å². The molecule has 0 bridgehead atoms. The number of halogens is 2. The molecular weight excluding hydrogens is 431 g/mol. The Kier molecular flexibility index (Phi) is 7.25. The van der Waals surface area contributed by atoms with Gasteiger partial charge in [-0.1, -0.05) is 68.2 Å². The van der Waals surface area contributed by atoms with Crippen LogP contribution < -0.4 is 9.62 Å². The summed E-state index contributed by atoms with van der Waals surface area (Å²) in [6, 6.07) is 12.2. The minimum absolute atomic E-state index is 0.0389. The quantitative estimate of drug-likeness (QED) is 0.669. The van der Waals surface area contributed by atoms with E-state index in [1.807, 2.05) is 31.2 Å². The van der Waals surface area contributed by atoms with Crippen molar-refractivity contribution in [3.63, 3.8) is 0 Å². The third-order valence-electron chi connectivity index (χ3n) is 4.52. The van der Waals surface area contributed by atoms with E-state index in [9.17, 15) is 13.2 Å². The lowest BCUT2D eigenvalue weighted by Gasteiger charge is -2.24. The molecule has 0 aromatic heterocycles. The molecule has 1 atom stereocenters. The van der Waals surface area contributed by atoms with E-state index in [0.29, 0.717) is 5.02 Å². The van der Waals surface area contributed by atoms with Crippen LogP contribution in [-0.2, 0) is 20.2 Å². The van der Waals surface area contributed by atoms with Gasteiger partial charge in [0, 0.05) is 5.02 Å². The molecule has 158 valence electrons. The van der Waals surface area contributed by atoms with Crippen molar-refractivity contribution in [2.24, 2.45) is 0 Å². The van der Waals surface area contributed by atoms with Crippen molar-refractivity contribution < 1.29 is 13.2 Å². The Balaban J connectivity index is 2.17. The predicted molar refractivity (Wildman–Crippen MR) is 120 cm³/mol. The number of nitrogens with zero attached hydrogens (tertiary/aromatic N) is 1. The number of rotatable bonds is 6. The number of benzene rings is 2. The lowest BCUT2D eigenvalue weighted by molar-refractivity contribution is -0.120. The number of hydrogen-bond donors (Lipinski definition) is 1. The molecule has 2 rings (SSSR count). The van der Waals surface area contributed by atoms with Gasteiger partial charge in [-0.25, -0.2) is 8.42 Å². The molecule has 8 heteroatoms. The van der Waals surface area contributed by atoms with Gasteiger partial charge >= 0.3 is 0 Å². The molecule has 1 amide bonds. The van der Waals surface area contributed by atoms with E-state index in [2.05, 4.69) is 26.1 Å². The molecular formula is C21H26Cl2N2O3S. The van der Waals surface area contributed by atoms with Gasteiger partial charge in [-0.15, -0.1) is 0 Å². The molecule has 0 heterocycles. The highest BCUT2D eigenvalue weighted by atomic mass is 35.5. The molecule has 29 heavy (non-hydrogen) atoms. The lowest BCUT2D eigenvalue weighted by atomic mass is 9.86. The minimum atomic E-state index is -3.75. The molecule has 5 nitrogen and oxygen atoms in total. The van der Waals surface area contributed by atoms with Crippen LogP contribution in [0.15, 0.2) is 42.5 Å². The predicted octanol–water partition coefficient (Wildman–Crippen LogP) is 4.93. The van der Waals surface area contributed by atoms with Crippen molar-refractivity contribution in [1.82, 2.24) is 5.32 Å². The monoisotopic (exact) mass is 456 g/mol. The van der Waals surface area contributed by atoms with Crippen molar-refractivity contribution >= 4 is 44.8 Å². The number of nitrogens with one attached hydrogen (secondary N) is 1. The third-order valence-corrected chi connectivity index (χ3v) is 6.20. The first-order chi connectivity index (χ1) is 13.3. The average molecular weight is 457 g/mol. The number of hydrogen-bond acceptors (Lipinski definition) is 3. The van der Waals surface area contributed by atoms with Crippen LogP contribution in [0, 0.1) is 0 Å². The Morgan fingerprint density at radius 2 is 1.69 bits per heavy atom. The van der Waals surface area contributed by atoms with Crippen LogP contribution in [0.3, 0.4) is 0 Å². The van der Waals surface area contributed by atoms with Gasteiger partial charge in [0.2, 0.25) is 15.9 Å². The second kappa shape index (κ2) is 8.94. The van der Waals surface area contributed by atoms with Crippen LogP contribution >= 0.6 is 23.2 Å². The summed E-state index contributed by atoms with van der Waals surface area (Å²) < 4.78 is 25.5. The van der Waals surface area contributed by atoms with Gasteiger partial charge in [0.25, 0.3) is 0 Å². The Morgan fingerprint density at radius 3 is 2.21 bits per heavy atom. The number of carbonyl (C=O) groups excluding carboxylic acids is 1. The maximum absolute atomic E-state index is 12.6. The Morgan fingerprint density at radius 1 is 1.10 bits per heavy atom. The van der Waals surface area contributed by atoms with Crippen LogP contribution in [0.5, 0.6) is 0 Å². The van der Waals surface area contributed by atoms with E-state index >= 15 is 0 Å². The van der Waals surface area contributed by atoms with Crippen LogP contribution in [0.1, 0.15) is 44.9 Å². The second-order valence-electron chi connectivity index (χ2n) is 8.03. The van der Waals surface area contributed by atoms with Crippen molar-refractivity contribution in [1.29, 1.82) is 0 Å². The van der Waals surface area contributed by atoms with Gasteiger partial charge < -0.3 is 5.32 Å². The topological polar surface area (TPSA) is 66.5 Å². The fourth-order valence-electron chi connectivity index (χ4n) is 2.83. The smallest absolute Gasteiger partial charge is 0.241 e. The standard InChI is InChI=1S/C21H26Cl2N2O3S/c1-14(15-6-8-16(9-7-15)21(2,3)4)24-20(26)13-25(29(5,27)28)19-12-17(22)10-11-18(19)23/h6-12,14H,13H2,1-5H3,(H,24,26)/t14-/m1/s1. The van der Waals surface area contributed by atoms with E-state index in [-0.39, 0.29) is 22.2 Å². The summed E-state index contributed by atoms with van der Waals surface area (Å²) in [6.07, 6.45) is 1.02. The summed E-state index contributed by atoms with van der Waals surface area (Å²) in [5.74, 6) is -0.445. The summed E-state index contributed by atoms with van der Waals surface area (Å²) >= 11 is 12.1. The van der Waals surface area contributed by atoms with Crippen molar-refractivity contribution in [2.75, 3.05) is 17.1 Å². The molecule has 0 spiro atoms. The maximum Gasteiger partial charge on any atom is 0.241 e. The Hall–Kier alpha value is -1.76. The molecule has 1 N–H and O–H groups in total. The highest BCUT2D eigenvalue weighted by Crippen LogP contribution is 2.30. The number of anilines is 1. The SMILES string of the molecule is C[C@@H](NC(=O)CN(c1cc(Cl)ccc1Cl)S(C)(=O)=O)c1ccc(C(C)(C)C)cc1. The summed E-state index contributed by atoms with van der Waals surface area (Å²) in [6.45, 7) is 7.85. The fourth-order valence-corrected chi connectivity index (χ4v) is 4.13. The van der Waals surface area contributed by atoms with E-state index in [1.54, 1.807) is 6.07 Å². The maximum atomic E-state index is 12.6. The molecule has 0 aliphatic heterocycles. The van der Waals surface area contributed by atoms with Crippen molar-refractivity contribution in [2.45, 2.75) is 39.2 Å². The van der Waals surface area contributed by atoms with Gasteiger partial charge in [-0.3, -0.25) is 9.10 Å².